The van der Waals surface area contributed by atoms with E-state index in [2.05, 4.69) is 16.6 Å². The molecule has 0 saturated carbocycles. The summed E-state index contributed by atoms with van der Waals surface area (Å²) in [6.45, 7) is 1.58. The third-order valence-corrected chi connectivity index (χ3v) is 4.60. The van der Waals surface area contributed by atoms with Crippen molar-refractivity contribution in [3.8, 4) is 5.75 Å². The molecule has 0 heterocycles. The first-order valence-electron chi connectivity index (χ1n) is 8.33. The number of nitrogens with one attached hydrogen (secondary N) is 1. The molecule has 0 saturated heterocycles. The lowest BCUT2D eigenvalue weighted by molar-refractivity contribution is -0.117. The Morgan fingerprint density at radius 1 is 1.26 bits per heavy atom. The first-order chi connectivity index (χ1) is 13.0. The average Bonchev–Trinajstić information content (AvgIpc) is 2.62. The lowest BCUT2D eigenvalue weighted by atomic mass is 10.2. The van der Waals surface area contributed by atoms with E-state index in [0.717, 1.165) is 21.9 Å². The zero-order chi connectivity index (χ0) is 19.6. The number of nitrogens with zero attached hydrogens (tertiary/aromatic N) is 1. The molecule has 0 aliphatic rings. The highest BCUT2D eigenvalue weighted by atomic mass is 32.2. The Labute approximate surface area is 162 Å². The van der Waals surface area contributed by atoms with Crippen LogP contribution in [-0.2, 0) is 11.3 Å². The highest BCUT2D eigenvalue weighted by Gasteiger charge is 2.10. The molecule has 0 radical (unpaired) electrons. The molecule has 2 rings (SSSR count). The van der Waals surface area contributed by atoms with Gasteiger partial charge in [-0.3, -0.25) is 9.69 Å². The second-order valence-corrected chi connectivity index (χ2v) is 6.90. The first-order valence-corrected chi connectivity index (χ1v) is 9.31. The number of hydrogen-bond donors (Lipinski definition) is 1. The van der Waals surface area contributed by atoms with Gasteiger partial charge in [-0.25, -0.2) is 0 Å². The summed E-state index contributed by atoms with van der Waals surface area (Å²) in [6, 6.07) is 14.0. The van der Waals surface area contributed by atoms with Gasteiger partial charge in [-0.1, -0.05) is 30.3 Å². The van der Waals surface area contributed by atoms with Gasteiger partial charge in [0.25, 0.3) is 0 Å². The van der Waals surface area contributed by atoms with Crippen LogP contribution in [0.25, 0.3) is 0 Å². The number of carbonyl (C=O) groups excluding carboxylic acids is 1. The maximum atomic E-state index is 12.3. The number of likely N-dealkylation sites (N-methyl/N-ethyl adjacent to an activating group) is 1. The summed E-state index contributed by atoms with van der Waals surface area (Å²) >= 11 is 1.60. The fourth-order valence-electron chi connectivity index (χ4n) is 2.42. The van der Waals surface area contributed by atoms with Gasteiger partial charge in [0.05, 0.1) is 12.2 Å². The number of alkyl halides is 2. The van der Waals surface area contributed by atoms with Gasteiger partial charge in [-0.05, 0) is 36.9 Å². The number of thioether (sulfide) groups is 1. The van der Waals surface area contributed by atoms with Crippen molar-refractivity contribution in [2.75, 3.05) is 24.7 Å². The Kier molecular flexibility index (Phi) is 8.29. The number of ether oxygens (including phenoxy) is 1. The van der Waals surface area contributed by atoms with Gasteiger partial charge in [-0.2, -0.15) is 8.78 Å². The Hall–Kier alpha value is -2.38. The van der Waals surface area contributed by atoms with E-state index in [-0.39, 0.29) is 18.2 Å². The van der Waals surface area contributed by atoms with Crippen molar-refractivity contribution in [1.29, 1.82) is 0 Å². The minimum absolute atomic E-state index is 0.114. The van der Waals surface area contributed by atoms with Crippen LogP contribution in [0.4, 0.5) is 14.5 Å². The number of anilines is 1. The Morgan fingerprint density at radius 2 is 1.96 bits per heavy atom. The highest BCUT2D eigenvalue weighted by molar-refractivity contribution is 7.99. The molecule has 0 spiro atoms. The number of para-hydroxylation sites is 1. The van der Waals surface area contributed by atoms with Gasteiger partial charge in [0.15, 0.2) is 0 Å². The van der Waals surface area contributed by atoms with Crippen LogP contribution in [0.1, 0.15) is 5.56 Å². The van der Waals surface area contributed by atoms with Gasteiger partial charge in [0.2, 0.25) is 5.91 Å². The molecule has 0 unspecified atom stereocenters. The Bertz CT molecular complexity index is 754. The predicted molar refractivity (Wildman–Crippen MR) is 105 cm³/mol. The number of hydrogen-bond acceptors (Lipinski definition) is 4. The van der Waals surface area contributed by atoms with E-state index in [0.29, 0.717) is 6.54 Å². The summed E-state index contributed by atoms with van der Waals surface area (Å²) in [5.74, 6) is 0.752. The van der Waals surface area contributed by atoms with Crippen molar-refractivity contribution in [2.24, 2.45) is 0 Å². The van der Waals surface area contributed by atoms with Crippen molar-refractivity contribution in [3.63, 3.8) is 0 Å². The van der Waals surface area contributed by atoms with Crippen LogP contribution in [-0.4, -0.2) is 36.8 Å². The molecule has 144 valence electrons. The van der Waals surface area contributed by atoms with Crippen LogP contribution >= 0.6 is 11.8 Å². The van der Waals surface area contributed by atoms with E-state index in [9.17, 15) is 13.6 Å². The third-order valence-electron chi connectivity index (χ3n) is 3.53. The average molecular weight is 392 g/mol. The number of halogens is 2. The smallest absolute Gasteiger partial charge is 0.387 e. The van der Waals surface area contributed by atoms with Crippen molar-refractivity contribution >= 4 is 23.4 Å². The summed E-state index contributed by atoms with van der Waals surface area (Å²) < 4.78 is 28.7. The maximum Gasteiger partial charge on any atom is 0.387 e. The van der Waals surface area contributed by atoms with Crippen molar-refractivity contribution in [2.45, 2.75) is 18.1 Å². The lowest BCUT2D eigenvalue weighted by Crippen LogP contribution is -2.30. The van der Waals surface area contributed by atoms with Crippen LogP contribution in [0.5, 0.6) is 5.75 Å². The molecule has 0 aliphatic heterocycles. The topological polar surface area (TPSA) is 41.6 Å². The highest BCUT2D eigenvalue weighted by Crippen LogP contribution is 2.26. The largest absolute Gasteiger partial charge is 0.435 e. The molecule has 0 aliphatic carbocycles. The SMILES string of the molecule is C=CCSc1ccccc1NC(=O)CN(C)Cc1ccc(OC(F)F)cc1. The van der Waals surface area contributed by atoms with Crippen LogP contribution in [0, 0.1) is 0 Å². The molecule has 27 heavy (non-hydrogen) atoms. The van der Waals surface area contributed by atoms with Gasteiger partial charge < -0.3 is 10.1 Å². The van der Waals surface area contributed by atoms with Crippen LogP contribution in [0.15, 0.2) is 66.1 Å². The minimum atomic E-state index is -2.84. The summed E-state index contributed by atoms with van der Waals surface area (Å²) in [7, 11) is 1.82. The van der Waals surface area contributed by atoms with E-state index >= 15 is 0 Å². The van der Waals surface area contributed by atoms with Crippen LogP contribution < -0.4 is 10.1 Å². The Morgan fingerprint density at radius 3 is 2.63 bits per heavy atom. The zero-order valence-electron chi connectivity index (χ0n) is 15.0. The normalized spacial score (nSPS) is 10.9. The number of amides is 1. The number of rotatable bonds is 10. The standard InChI is InChI=1S/C20H22F2N2O2S/c1-3-12-27-18-7-5-4-6-17(18)23-19(25)14-24(2)13-15-8-10-16(11-9-15)26-20(21)22/h3-11,20H,1,12-14H2,2H3,(H,23,25). The van der Waals surface area contributed by atoms with E-state index in [1.807, 2.05) is 42.3 Å². The lowest BCUT2D eigenvalue weighted by Gasteiger charge is -2.17. The van der Waals surface area contributed by atoms with E-state index in [1.165, 1.54) is 12.1 Å². The molecule has 0 fully saturated rings. The minimum Gasteiger partial charge on any atom is -0.435 e. The molecule has 2 aromatic rings. The summed E-state index contributed by atoms with van der Waals surface area (Å²) in [6.07, 6.45) is 1.81. The van der Waals surface area contributed by atoms with Gasteiger partial charge in [0.1, 0.15) is 5.75 Å². The summed E-state index contributed by atoms with van der Waals surface area (Å²) in [5, 5.41) is 2.93. The monoisotopic (exact) mass is 392 g/mol. The number of carbonyl (C=O) groups is 1. The maximum absolute atomic E-state index is 12.3. The second-order valence-electron chi connectivity index (χ2n) is 5.84. The van der Waals surface area contributed by atoms with E-state index in [4.69, 9.17) is 0 Å². The van der Waals surface area contributed by atoms with Gasteiger partial charge >= 0.3 is 6.61 Å². The molecule has 1 amide bonds. The molecule has 0 atom stereocenters. The second kappa shape index (κ2) is 10.7. The van der Waals surface area contributed by atoms with E-state index in [1.54, 1.807) is 23.9 Å². The quantitative estimate of drug-likeness (QED) is 0.473. The van der Waals surface area contributed by atoms with Gasteiger partial charge in [0, 0.05) is 17.2 Å². The summed E-state index contributed by atoms with van der Waals surface area (Å²) in [5.41, 5.74) is 1.67. The molecule has 0 bridgehead atoms. The van der Waals surface area contributed by atoms with Crippen LogP contribution in [0.3, 0.4) is 0 Å². The number of benzene rings is 2. The van der Waals surface area contributed by atoms with Crippen molar-refractivity contribution < 1.29 is 18.3 Å². The predicted octanol–water partition coefficient (Wildman–Crippen LogP) is 4.64. The van der Waals surface area contributed by atoms with Crippen LogP contribution in [0.2, 0.25) is 0 Å². The first kappa shape index (κ1) is 20.9. The van der Waals surface area contributed by atoms with Crippen molar-refractivity contribution in [3.05, 3.63) is 66.7 Å². The molecule has 4 nitrogen and oxygen atoms in total. The fraction of sp³-hybridized carbons (Fsp3) is 0.250. The molecule has 2 aromatic carbocycles. The zero-order valence-corrected chi connectivity index (χ0v) is 15.8. The van der Waals surface area contributed by atoms with Crippen molar-refractivity contribution in [1.82, 2.24) is 4.90 Å². The summed E-state index contributed by atoms with van der Waals surface area (Å²) in [4.78, 5) is 15.2. The molecular formula is C20H22F2N2O2S. The fourth-order valence-corrected chi connectivity index (χ4v) is 3.17. The third kappa shape index (κ3) is 7.40. The molecular weight excluding hydrogens is 370 g/mol. The molecule has 1 N–H and O–H groups in total. The van der Waals surface area contributed by atoms with E-state index < -0.39 is 6.61 Å². The van der Waals surface area contributed by atoms with Gasteiger partial charge in [-0.15, -0.1) is 18.3 Å². The Balaban J connectivity index is 1.87. The molecule has 0 aromatic heterocycles. The molecule has 7 heteroatoms.